The van der Waals surface area contributed by atoms with E-state index in [4.69, 9.17) is 4.74 Å². The molecule has 0 heterocycles. The molecule has 2 rings (SSSR count). The lowest BCUT2D eigenvalue weighted by Gasteiger charge is -2.26. The van der Waals surface area contributed by atoms with Gasteiger partial charge >= 0.3 is 12.3 Å². The van der Waals surface area contributed by atoms with Crippen LogP contribution >= 0.6 is 0 Å². The Kier molecular flexibility index (Phi) is 7.02. The van der Waals surface area contributed by atoms with E-state index in [1.54, 1.807) is 6.92 Å². The van der Waals surface area contributed by atoms with E-state index in [2.05, 4.69) is 21.3 Å². The van der Waals surface area contributed by atoms with Gasteiger partial charge in [-0.15, -0.1) is 19.1 Å². The van der Waals surface area contributed by atoms with Gasteiger partial charge in [0.05, 0.1) is 21.4 Å². The molecule has 0 radical (unpaired) electrons. The lowest BCUT2D eigenvalue weighted by molar-refractivity contribution is -0.275. The Labute approximate surface area is 165 Å². The van der Waals surface area contributed by atoms with E-state index in [9.17, 15) is 30.9 Å². The fraction of sp³-hybridized carbons (Fsp3) is 0.500. The summed E-state index contributed by atoms with van der Waals surface area (Å²) in [5.74, 6) is 2.62. The van der Waals surface area contributed by atoms with Gasteiger partial charge in [-0.1, -0.05) is 5.92 Å². The normalized spacial score (nSPS) is 15.9. The Morgan fingerprint density at radius 3 is 2.45 bits per heavy atom. The van der Waals surface area contributed by atoms with Crippen molar-refractivity contribution in [1.29, 1.82) is 0 Å². The molecule has 0 unspecified atom stereocenters. The molecule has 160 valence electrons. The molecule has 0 aromatic heterocycles. The van der Waals surface area contributed by atoms with Crippen molar-refractivity contribution in [3.63, 3.8) is 0 Å². The highest BCUT2D eigenvalue weighted by Crippen LogP contribution is 2.40. The van der Waals surface area contributed by atoms with Crippen molar-refractivity contribution in [3.05, 3.63) is 23.8 Å². The van der Waals surface area contributed by atoms with Crippen molar-refractivity contribution in [2.24, 2.45) is 0 Å². The average Bonchev–Trinajstić information content (AvgIpc) is 3.02. The molecular formula is C18H18F3O7S-. The first kappa shape index (κ1) is 22.8. The number of hydrogen-bond donors (Lipinski definition) is 0. The maximum absolute atomic E-state index is 12.7. The summed E-state index contributed by atoms with van der Waals surface area (Å²) in [7, 11) is -4.58. The zero-order valence-corrected chi connectivity index (χ0v) is 16.2. The van der Waals surface area contributed by atoms with Gasteiger partial charge in [0, 0.05) is 0 Å². The van der Waals surface area contributed by atoms with Crippen molar-refractivity contribution in [2.75, 3.05) is 12.4 Å². The smallest absolute Gasteiger partial charge is 0.573 e. The van der Waals surface area contributed by atoms with Gasteiger partial charge in [-0.2, -0.15) is 0 Å². The van der Waals surface area contributed by atoms with Crippen molar-refractivity contribution < 1.29 is 45.1 Å². The number of rotatable bonds is 7. The summed E-state index contributed by atoms with van der Waals surface area (Å²) >= 11 is 0. The van der Waals surface area contributed by atoms with Crippen molar-refractivity contribution in [2.45, 2.75) is 44.6 Å². The second kappa shape index (κ2) is 8.92. The first-order valence-corrected chi connectivity index (χ1v) is 10.1. The molecule has 1 aliphatic rings. The number of carbonyl (C=O) groups excluding carboxylic acids is 1. The van der Waals surface area contributed by atoms with Crippen LogP contribution < -0.4 is 9.47 Å². The second-order valence-electron chi connectivity index (χ2n) is 6.29. The monoisotopic (exact) mass is 435 g/mol. The predicted octanol–water partition coefficient (Wildman–Crippen LogP) is 3.00. The van der Waals surface area contributed by atoms with Crippen molar-refractivity contribution in [1.82, 2.24) is 0 Å². The molecule has 1 aliphatic carbocycles. The van der Waals surface area contributed by atoms with E-state index < -0.39 is 46.2 Å². The number of carbonyl (C=O) groups is 1. The zero-order valence-electron chi connectivity index (χ0n) is 15.4. The summed E-state index contributed by atoms with van der Waals surface area (Å²) in [5.41, 5.74) is -1.20. The quantitative estimate of drug-likeness (QED) is 0.369. The van der Waals surface area contributed by atoms with Crippen LogP contribution in [0, 0.1) is 11.8 Å². The van der Waals surface area contributed by atoms with E-state index in [-0.39, 0.29) is 11.3 Å². The van der Waals surface area contributed by atoms with Gasteiger partial charge in [0.2, 0.25) is 0 Å². The molecule has 29 heavy (non-hydrogen) atoms. The topological polar surface area (TPSA) is 102 Å². The zero-order chi connectivity index (χ0) is 21.7. The number of halogens is 3. The summed E-state index contributed by atoms with van der Waals surface area (Å²) in [6.45, 7) is 0.890. The SMILES string of the molecule is CC#CC1(Oc2cc(C(=O)OCCS(=O)(=O)[O-])ccc2OC(F)(F)F)CCCC1. The number of ether oxygens (including phenoxy) is 3. The number of esters is 1. The Bertz CT molecular complexity index is 908. The fourth-order valence-corrected chi connectivity index (χ4v) is 3.17. The Morgan fingerprint density at radius 2 is 1.90 bits per heavy atom. The van der Waals surface area contributed by atoms with Gasteiger partial charge in [-0.25, -0.2) is 13.2 Å². The van der Waals surface area contributed by atoms with Crippen LogP contribution in [-0.2, 0) is 14.9 Å². The second-order valence-corrected chi connectivity index (χ2v) is 7.81. The first-order valence-electron chi connectivity index (χ1n) is 8.56. The molecule has 0 atom stereocenters. The van der Waals surface area contributed by atoms with Gasteiger partial charge in [0.25, 0.3) is 0 Å². The van der Waals surface area contributed by atoms with Crippen LogP contribution in [-0.4, -0.2) is 43.3 Å². The van der Waals surface area contributed by atoms with E-state index in [0.717, 1.165) is 31.0 Å². The molecule has 0 spiro atoms. The average molecular weight is 435 g/mol. The molecule has 11 heteroatoms. The molecular weight excluding hydrogens is 417 g/mol. The van der Waals surface area contributed by atoms with Gasteiger partial charge in [0.15, 0.2) is 17.1 Å². The van der Waals surface area contributed by atoms with Crippen LogP contribution in [0.25, 0.3) is 0 Å². The third-order valence-corrected chi connectivity index (χ3v) is 4.71. The predicted molar refractivity (Wildman–Crippen MR) is 93.2 cm³/mol. The highest BCUT2D eigenvalue weighted by atomic mass is 32.2. The lowest BCUT2D eigenvalue weighted by Crippen LogP contribution is -2.31. The maximum Gasteiger partial charge on any atom is 0.573 e. The van der Waals surface area contributed by atoms with Crippen LogP contribution in [0.3, 0.4) is 0 Å². The van der Waals surface area contributed by atoms with E-state index in [1.807, 2.05) is 0 Å². The molecule has 0 N–H and O–H groups in total. The summed E-state index contributed by atoms with van der Waals surface area (Å²) in [5, 5.41) is 0. The first-order chi connectivity index (χ1) is 13.4. The minimum atomic E-state index is -4.98. The molecule has 1 fully saturated rings. The third-order valence-electron chi connectivity index (χ3n) is 4.04. The minimum absolute atomic E-state index is 0.199. The molecule has 0 aliphatic heterocycles. The largest absolute Gasteiger partial charge is 0.748 e. The highest BCUT2D eigenvalue weighted by Gasteiger charge is 2.37. The Morgan fingerprint density at radius 1 is 1.24 bits per heavy atom. The minimum Gasteiger partial charge on any atom is -0.748 e. The molecule has 7 nitrogen and oxygen atoms in total. The van der Waals surface area contributed by atoms with Gasteiger partial charge < -0.3 is 18.8 Å². The summed E-state index contributed by atoms with van der Waals surface area (Å²) in [6.07, 6.45) is -2.45. The van der Waals surface area contributed by atoms with Crippen LogP contribution in [0.2, 0.25) is 0 Å². The van der Waals surface area contributed by atoms with Crippen LogP contribution in [0.15, 0.2) is 18.2 Å². The standard InChI is InChI=1S/C18H19F3O7S/c1-2-7-17(8-3-4-9-17)27-15-12-13(5-6-14(15)28-18(19,20)21)16(22)26-10-11-29(23,24)25/h5-6,12H,3-4,8-11H2,1H3,(H,23,24,25)/p-1. The van der Waals surface area contributed by atoms with E-state index in [1.165, 1.54) is 0 Å². The number of benzene rings is 1. The van der Waals surface area contributed by atoms with Gasteiger partial charge in [-0.3, -0.25) is 0 Å². The third kappa shape index (κ3) is 7.14. The molecule has 1 aromatic rings. The number of alkyl halides is 3. The van der Waals surface area contributed by atoms with E-state index >= 15 is 0 Å². The van der Waals surface area contributed by atoms with Crippen LogP contribution in [0.1, 0.15) is 43.0 Å². The van der Waals surface area contributed by atoms with Crippen molar-refractivity contribution in [3.8, 4) is 23.3 Å². The Balaban J connectivity index is 2.30. The Hall–Kier alpha value is -2.45. The van der Waals surface area contributed by atoms with Crippen molar-refractivity contribution >= 4 is 16.1 Å². The van der Waals surface area contributed by atoms with Crippen LogP contribution in [0.4, 0.5) is 13.2 Å². The molecule has 1 aromatic carbocycles. The maximum atomic E-state index is 12.7. The van der Waals surface area contributed by atoms with E-state index in [0.29, 0.717) is 12.8 Å². The summed E-state index contributed by atoms with van der Waals surface area (Å²) < 4.78 is 84.3. The fourth-order valence-electron chi connectivity index (χ4n) is 2.88. The lowest BCUT2D eigenvalue weighted by atomic mass is 10.0. The molecule has 0 saturated heterocycles. The van der Waals surface area contributed by atoms with Crippen LogP contribution in [0.5, 0.6) is 11.5 Å². The summed E-state index contributed by atoms with van der Waals surface area (Å²) in [6, 6.07) is 2.91. The molecule has 0 amide bonds. The van der Waals surface area contributed by atoms with Gasteiger partial charge in [-0.05, 0) is 50.8 Å². The highest BCUT2D eigenvalue weighted by molar-refractivity contribution is 7.85. The summed E-state index contributed by atoms with van der Waals surface area (Å²) in [4.78, 5) is 12.1. The van der Waals surface area contributed by atoms with Gasteiger partial charge in [0.1, 0.15) is 6.61 Å². The number of hydrogen-bond acceptors (Lipinski definition) is 7. The molecule has 0 bridgehead atoms. The molecule has 1 saturated carbocycles.